The van der Waals surface area contributed by atoms with Gasteiger partial charge in [0.25, 0.3) is 12.5 Å². The van der Waals surface area contributed by atoms with E-state index in [0.717, 1.165) is 12.5 Å². The van der Waals surface area contributed by atoms with Gasteiger partial charge in [0.05, 0.1) is 13.0 Å². The van der Waals surface area contributed by atoms with Crippen LogP contribution in [0.15, 0.2) is 0 Å². The van der Waals surface area contributed by atoms with E-state index in [1.807, 2.05) is 0 Å². The molecule has 0 spiro atoms. The summed E-state index contributed by atoms with van der Waals surface area (Å²) in [7, 11) is 0. The third-order valence-electron chi connectivity index (χ3n) is 1.53. The van der Waals surface area contributed by atoms with Crippen LogP contribution in [0.2, 0.25) is 0 Å². The van der Waals surface area contributed by atoms with E-state index in [1.54, 1.807) is 0 Å². The number of hydrogen-bond donors (Lipinski definition) is 0. The summed E-state index contributed by atoms with van der Waals surface area (Å²) in [5.41, 5.74) is 0. The Labute approximate surface area is 96.3 Å². The standard InChI is InChI=1S/C9H8N2O6/c1-2-15-8(13)6(9(14)17-5-11)3-7(12)16-4-10/h6H,2-3H2,1H3. The highest BCUT2D eigenvalue weighted by molar-refractivity contribution is 5.98. The summed E-state index contributed by atoms with van der Waals surface area (Å²) in [6, 6.07) is 0. The van der Waals surface area contributed by atoms with Gasteiger partial charge in [-0.05, 0) is 6.92 Å². The van der Waals surface area contributed by atoms with Gasteiger partial charge in [-0.1, -0.05) is 0 Å². The van der Waals surface area contributed by atoms with Crippen LogP contribution in [-0.4, -0.2) is 24.5 Å². The fourth-order valence-electron chi connectivity index (χ4n) is 0.881. The van der Waals surface area contributed by atoms with Crippen LogP contribution < -0.4 is 0 Å². The molecule has 0 aliphatic heterocycles. The smallest absolute Gasteiger partial charge is 0.336 e. The minimum atomic E-state index is -1.62. The number of hydrogen-bond acceptors (Lipinski definition) is 8. The van der Waals surface area contributed by atoms with Crippen LogP contribution in [0.5, 0.6) is 0 Å². The minimum Gasteiger partial charge on any atom is -0.465 e. The van der Waals surface area contributed by atoms with Crippen molar-refractivity contribution in [1.29, 1.82) is 10.5 Å². The molecule has 0 saturated heterocycles. The van der Waals surface area contributed by atoms with E-state index in [2.05, 4.69) is 14.2 Å². The Hall–Kier alpha value is -2.61. The molecule has 0 heterocycles. The number of ether oxygens (including phenoxy) is 3. The second kappa shape index (κ2) is 7.65. The van der Waals surface area contributed by atoms with Gasteiger partial charge in [-0.2, -0.15) is 0 Å². The molecule has 0 radical (unpaired) electrons. The molecule has 1 atom stereocenters. The molecule has 8 nitrogen and oxygen atoms in total. The van der Waals surface area contributed by atoms with E-state index in [9.17, 15) is 14.4 Å². The molecule has 0 aliphatic rings. The van der Waals surface area contributed by atoms with Crippen LogP contribution in [0.1, 0.15) is 13.3 Å². The summed E-state index contributed by atoms with van der Waals surface area (Å²) >= 11 is 0. The van der Waals surface area contributed by atoms with Gasteiger partial charge in [0.15, 0.2) is 5.92 Å². The first-order chi connectivity index (χ1) is 8.06. The van der Waals surface area contributed by atoms with E-state index < -0.39 is 30.2 Å². The Kier molecular flexibility index (Phi) is 6.48. The lowest BCUT2D eigenvalue weighted by Gasteiger charge is -2.09. The van der Waals surface area contributed by atoms with E-state index >= 15 is 0 Å². The Morgan fingerprint density at radius 3 is 2.18 bits per heavy atom. The minimum absolute atomic E-state index is 0.0114. The lowest BCUT2D eigenvalue weighted by atomic mass is 10.1. The third kappa shape index (κ3) is 5.14. The van der Waals surface area contributed by atoms with Crippen molar-refractivity contribution >= 4 is 17.9 Å². The summed E-state index contributed by atoms with van der Waals surface area (Å²) in [4.78, 5) is 33.4. The van der Waals surface area contributed by atoms with E-state index in [-0.39, 0.29) is 6.61 Å². The Morgan fingerprint density at radius 2 is 1.71 bits per heavy atom. The number of nitriles is 2. The van der Waals surface area contributed by atoms with Crippen molar-refractivity contribution in [2.45, 2.75) is 13.3 Å². The van der Waals surface area contributed by atoms with Gasteiger partial charge in [0.1, 0.15) is 0 Å². The average molecular weight is 240 g/mol. The molecule has 0 rings (SSSR count). The average Bonchev–Trinajstić information content (AvgIpc) is 2.26. The van der Waals surface area contributed by atoms with Gasteiger partial charge < -0.3 is 14.2 Å². The molecule has 90 valence electrons. The molecule has 1 unspecified atom stereocenters. The van der Waals surface area contributed by atoms with Gasteiger partial charge in [-0.25, -0.2) is 4.79 Å². The maximum Gasteiger partial charge on any atom is 0.336 e. The zero-order valence-corrected chi connectivity index (χ0v) is 8.84. The van der Waals surface area contributed by atoms with E-state index in [4.69, 9.17) is 10.5 Å². The van der Waals surface area contributed by atoms with Gasteiger partial charge in [0, 0.05) is 0 Å². The molecule has 0 saturated carbocycles. The summed E-state index contributed by atoms with van der Waals surface area (Å²) in [5, 5.41) is 16.2. The topological polar surface area (TPSA) is 126 Å². The molecular weight excluding hydrogens is 232 g/mol. The Morgan fingerprint density at radius 1 is 1.12 bits per heavy atom. The molecule has 0 aromatic rings. The second-order valence-corrected chi connectivity index (χ2v) is 2.59. The van der Waals surface area contributed by atoms with Gasteiger partial charge in [-0.15, -0.1) is 10.5 Å². The molecule has 0 N–H and O–H groups in total. The summed E-state index contributed by atoms with van der Waals surface area (Å²) < 4.78 is 12.3. The summed E-state index contributed by atoms with van der Waals surface area (Å²) in [6.45, 7) is 1.49. The van der Waals surface area contributed by atoms with Gasteiger partial charge in [0.2, 0.25) is 0 Å². The van der Waals surface area contributed by atoms with Crippen LogP contribution >= 0.6 is 0 Å². The number of nitrogens with zero attached hydrogens (tertiary/aromatic N) is 2. The fourth-order valence-corrected chi connectivity index (χ4v) is 0.881. The zero-order chi connectivity index (χ0) is 13.3. The highest BCUT2D eigenvalue weighted by Gasteiger charge is 2.33. The number of rotatable bonds is 5. The van der Waals surface area contributed by atoms with Gasteiger partial charge in [-0.3, -0.25) is 9.59 Å². The van der Waals surface area contributed by atoms with Crippen molar-refractivity contribution in [2.24, 2.45) is 5.92 Å². The number of esters is 3. The largest absolute Gasteiger partial charge is 0.465 e. The number of carbonyl (C=O) groups excluding carboxylic acids is 3. The molecule has 0 aliphatic carbocycles. The lowest BCUT2D eigenvalue weighted by molar-refractivity contribution is -0.162. The second-order valence-electron chi connectivity index (χ2n) is 2.59. The highest BCUT2D eigenvalue weighted by Crippen LogP contribution is 2.10. The molecule has 0 aromatic carbocycles. The molecule has 0 aromatic heterocycles. The molecule has 8 heteroatoms. The first-order valence-electron chi connectivity index (χ1n) is 4.42. The van der Waals surface area contributed by atoms with E-state index in [1.165, 1.54) is 6.92 Å². The third-order valence-corrected chi connectivity index (χ3v) is 1.53. The van der Waals surface area contributed by atoms with Crippen LogP contribution in [0.4, 0.5) is 0 Å². The van der Waals surface area contributed by atoms with Crippen molar-refractivity contribution in [3.05, 3.63) is 0 Å². The van der Waals surface area contributed by atoms with Crippen molar-refractivity contribution < 1.29 is 28.6 Å². The van der Waals surface area contributed by atoms with E-state index in [0.29, 0.717) is 0 Å². The molecule has 17 heavy (non-hydrogen) atoms. The van der Waals surface area contributed by atoms with Crippen LogP contribution in [0.3, 0.4) is 0 Å². The first-order valence-corrected chi connectivity index (χ1v) is 4.42. The quantitative estimate of drug-likeness (QED) is 0.275. The fraction of sp³-hybridized carbons (Fsp3) is 0.444. The Balaban J connectivity index is 4.69. The van der Waals surface area contributed by atoms with Crippen LogP contribution in [0, 0.1) is 29.0 Å². The maximum absolute atomic E-state index is 11.3. The molecule has 0 amide bonds. The molecular formula is C9H8N2O6. The molecule has 0 fully saturated rings. The number of carbonyl (C=O) groups is 3. The monoisotopic (exact) mass is 240 g/mol. The van der Waals surface area contributed by atoms with Gasteiger partial charge >= 0.3 is 17.9 Å². The maximum atomic E-state index is 11.3. The highest BCUT2D eigenvalue weighted by atomic mass is 16.6. The van der Waals surface area contributed by atoms with Crippen molar-refractivity contribution in [2.75, 3.05) is 6.61 Å². The normalized spacial score (nSPS) is 10.3. The molecule has 0 bridgehead atoms. The first kappa shape index (κ1) is 14.4. The van der Waals surface area contributed by atoms with Crippen molar-refractivity contribution in [1.82, 2.24) is 0 Å². The van der Waals surface area contributed by atoms with Crippen LogP contribution in [0.25, 0.3) is 0 Å². The van der Waals surface area contributed by atoms with Crippen LogP contribution in [-0.2, 0) is 28.6 Å². The van der Waals surface area contributed by atoms with Crippen molar-refractivity contribution in [3.8, 4) is 12.5 Å². The zero-order valence-electron chi connectivity index (χ0n) is 8.84. The predicted molar refractivity (Wildman–Crippen MR) is 48.2 cm³/mol. The lowest BCUT2D eigenvalue weighted by Crippen LogP contribution is -2.29. The SMILES string of the molecule is CCOC(=O)C(CC(=O)OC#N)C(=O)OC#N. The Bertz CT molecular complexity index is 391. The van der Waals surface area contributed by atoms with Crippen molar-refractivity contribution in [3.63, 3.8) is 0 Å². The summed E-state index contributed by atoms with van der Waals surface area (Å²) in [5.74, 6) is -4.97. The predicted octanol–water partition coefficient (Wildman–Crippen LogP) is -0.396. The summed E-state index contributed by atoms with van der Waals surface area (Å²) in [6.07, 6.45) is 1.44.